The van der Waals surface area contributed by atoms with E-state index in [2.05, 4.69) is 5.32 Å². The third-order valence-electron chi connectivity index (χ3n) is 3.71. The fraction of sp³-hybridized carbons (Fsp3) is 0.429. The molecule has 2 amide bonds. The number of carbonyl (C=O) groups is 2. The SMILES string of the molecule is COc1cc([N+](=O)[O-])ccc1NCCN1CC(C(N)=O)CC1=O. The van der Waals surface area contributed by atoms with Crippen LogP contribution in [0.25, 0.3) is 0 Å². The number of non-ortho nitro benzene ring substituents is 1. The normalized spacial score (nSPS) is 17.2. The zero-order valence-corrected chi connectivity index (χ0v) is 12.7. The highest BCUT2D eigenvalue weighted by Gasteiger charge is 2.32. The van der Waals surface area contributed by atoms with E-state index < -0.39 is 16.7 Å². The van der Waals surface area contributed by atoms with Crippen molar-refractivity contribution in [3.8, 4) is 5.75 Å². The van der Waals surface area contributed by atoms with Gasteiger partial charge in [-0.05, 0) is 6.07 Å². The fourth-order valence-electron chi connectivity index (χ4n) is 2.44. The quantitative estimate of drug-likeness (QED) is 0.550. The highest BCUT2D eigenvalue weighted by Crippen LogP contribution is 2.28. The molecule has 1 aliphatic rings. The lowest BCUT2D eigenvalue weighted by atomic mass is 10.1. The number of amides is 2. The van der Waals surface area contributed by atoms with Crippen molar-refractivity contribution in [1.29, 1.82) is 0 Å². The first-order valence-electron chi connectivity index (χ1n) is 7.05. The summed E-state index contributed by atoms with van der Waals surface area (Å²) in [5.74, 6) is -0.657. The van der Waals surface area contributed by atoms with Gasteiger partial charge in [0.25, 0.3) is 5.69 Å². The molecule has 0 spiro atoms. The highest BCUT2D eigenvalue weighted by molar-refractivity contribution is 5.88. The van der Waals surface area contributed by atoms with E-state index in [9.17, 15) is 19.7 Å². The Bertz CT molecular complexity index is 634. The number of hydrogen-bond acceptors (Lipinski definition) is 6. The standard InChI is InChI=1S/C14H18N4O5/c1-23-12-7-10(18(21)22)2-3-11(12)16-4-5-17-8-9(14(15)20)6-13(17)19/h2-3,7,9,16H,4-6,8H2,1H3,(H2,15,20). The minimum atomic E-state index is -0.501. The Morgan fingerprint density at radius 3 is 2.87 bits per heavy atom. The number of anilines is 1. The second kappa shape index (κ2) is 6.95. The van der Waals surface area contributed by atoms with Gasteiger partial charge in [0.2, 0.25) is 11.8 Å². The molecule has 1 aromatic rings. The van der Waals surface area contributed by atoms with Gasteiger partial charge in [0.15, 0.2) is 0 Å². The second-order valence-electron chi connectivity index (χ2n) is 5.21. The predicted molar refractivity (Wildman–Crippen MR) is 82.0 cm³/mol. The van der Waals surface area contributed by atoms with Gasteiger partial charge in [-0.25, -0.2) is 0 Å². The maximum atomic E-state index is 11.8. The number of nitrogens with one attached hydrogen (secondary N) is 1. The number of primary amides is 1. The van der Waals surface area contributed by atoms with Crippen molar-refractivity contribution in [2.45, 2.75) is 6.42 Å². The number of carbonyl (C=O) groups excluding carboxylic acids is 2. The van der Waals surface area contributed by atoms with Gasteiger partial charge < -0.3 is 20.7 Å². The zero-order chi connectivity index (χ0) is 17.0. The maximum absolute atomic E-state index is 11.8. The number of hydrogen-bond donors (Lipinski definition) is 2. The molecule has 2 rings (SSSR count). The van der Waals surface area contributed by atoms with Gasteiger partial charge in [-0.3, -0.25) is 19.7 Å². The van der Waals surface area contributed by atoms with E-state index in [0.29, 0.717) is 31.1 Å². The van der Waals surface area contributed by atoms with Gasteiger partial charge in [-0.2, -0.15) is 0 Å². The van der Waals surface area contributed by atoms with E-state index in [1.807, 2.05) is 0 Å². The molecule has 1 aliphatic heterocycles. The van der Waals surface area contributed by atoms with Crippen LogP contribution in [0.4, 0.5) is 11.4 Å². The molecular formula is C14H18N4O5. The summed E-state index contributed by atoms with van der Waals surface area (Å²) in [6, 6.07) is 4.25. The molecule has 124 valence electrons. The minimum absolute atomic E-state index is 0.0635. The molecule has 23 heavy (non-hydrogen) atoms. The van der Waals surface area contributed by atoms with Crippen LogP contribution in [0.5, 0.6) is 5.75 Å². The van der Waals surface area contributed by atoms with Gasteiger partial charge in [0, 0.05) is 32.1 Å². The number of nitrogens with zero attached hydrogens (tertiary/aromatic N) is 2. The predicted octanol–water partition coefficient (Wildman–Crippen LogP) is 0.349. The summed E-state index contributed by atoms with van der Waals surface area (Å²) in [6.45, 7) is 1.15. The molecule has 1 fully saturated rings. The summed E-state index contributed by atoms with van der Waals surface area (Å²) in [6.07, 6.45) is 0.149. The molecule has 1 heterocycles. The zero-order valence-electron chi connectivity index (χ0n) is 12.7. The number of benzene rings is 1. The van der Waals surface area contributed by atoms with Gasteiger partial charge in [-0.1, -0.05) is 0 Å². The molecular weight excluding hydrogens is 304 g/mol. The highest BCUT2D eigenvalue weighted by atomic mass is 16.6. The summed E-state index contributed by atoms with van der Waals surface area (Å²) in [7, 11) is 1.42. The van der Waals surface area contributed by atoms with Crippen molar-refractivity contribution < 1.29 is 19.2 Å². The topological polar surface area (TPSA) is 128 Å². The lowest BCUT2D eigenvalue weighted by Gasteiger charge is -2.17. The average molecular weight is 322 g/mol. The van der Waals surface area contributed by atoms with E-state index in [4.69, 9.17) is 10.5 Å². The average Bonchev–Trinajstić information content (AvgIpc) is 2.89. The summed E-state index contributed by atoms with van der Waals surface area (Å²) in [5, 5.41) is 13.8. The van der Waals surface area contributed by atoms with Crippen molar-refractivity contribution >= 4 is 23.2 Å². The summed E-state index contributed by atoms with van der Waals surface area (Å²) < 4.78 is 5.12. The maximum Gasteiger partial charge on any atom is 0.273 e. The Morgan fingerprint density at radius 1 is 1.57 bits per heavy atom. The smallest absolute Gasteiger partial charge is 0.273 e. The van der Waals surface area contributed by atoms with Crippen LogP contribution in [-0.4, -0.2) is 48.4 Å². The molecule has 0 saturated carbocycles. The van der Waals surface area contributed by atoms with Crippen molar-refractivity contribution in [2.24, 2.45) is 11.7 Å². The van der Waals surface area contributed by atoms with Crippen LogP contribution >= 0.6 is 0 Å². The van der Waals surface area contributed by atoms with Gasteiger partial charge in [0.1, 0.15) is 5.75 Å². The van der Waals surface area contributed by atoms with Gasteiger partial charge in [-0.15, -0.1) is 0 Å². The lowest BCUT2D eigenvalue weighted by molar-refractivity contribution is -0.384. The molecule has 9 nitrogen and oxygen atoms in total. The van der Waals surface area contributed by atoms with Crippen molar-refractivity contribution in [3.05, 3.63) is 28.3 Å². The van der Waals surface area contributed by atoms with Crippen LogP contribution in [0.15, 0.2) is 18.2 Å². The Hall–Kier alpha value is -2.84. The van der Waals surface area contributed by atoms with Crippen LogP contribution in [0.1, 0.15) is 6.42 Å². The molecule has 0 aliphatic carbocycles. The summed E-state index contributed by atoms with van der Waals surface area (Å²) in [5.41, 5.74) is 5.74. The van der Waals surface area contributed by atoms with Crippen LogP contribution in [0.3, 0.4) is 0 Å². The third-order valence-corrected chi connectivity index (χ3v) is 3.71. The van der Waals surface area contributed by atoms with Crippen LogP contribution in [0, 0.1) is 16.0 Å². The number of rotatable bonds is 7. The van der Waals surface area contributed by atoms with Crippen LogP contribution in [0.2, 0.25) is 0 Å². The summed E-state index contributed by atoms with van der Waals surface area (Å²) in [4.78, 5) is 34.7. The number of likely N-dealkylation sites (tertiary alicyclic amines) is 1. The Balaban J connectivity index is 1.93. The lowest BCUT2D eigenvalue weighted by Crippen LogP contribution is -2.32. The van der Waals surface area contributed by atoms with Crippen molar-refractivity contribution in [2.75, 3.05) is 32.1 Å². The molecule has 1 unspecified atom stereocenters. The Kier molecular flexibility index (Phi) is 4.99. The first kappa shape index (κ1) is 16.5. The summed E-state index contributed by atoms with van der Waals surface area (Å²) >= 11 is 0. The monoisotopic (exact) mass is 322 g/mol. The molecule has 1 aromatic carbocycles. The first-order valence-corrected chi connectivity index (χ1v) is 7.05. The third kappa shape index (κ3) is 3.87. The molecule has 0 bridgehead atoms. The number of methoxy groups -OCH3 is 1. The number of nitrogens with two attached hydrogens (primary N) is 1. The van der Waals surface area contributed by atoms with E-state index >= 15 is 0 Å². The minimum Gasteiger partial charge on any atom is -0.494 e. The van der Waals surface area contributed by atoms with Crippen molar-refractivity contribution in [3.63, 3.8) is 0 Å². The van der Waals surface area contributed by atoms with Gasteiger partial charge in [0.05, 0.1) is 29.7 Å². The molecule has 0 aromatic heterocycles. The molecule has 9 heteroatoms. The first-order chi connectivity index (χ1) is 10.9. The van der Waals surface area contributed by atoms with E-state index in [-0.39, 0.29) is 18.0 Å². The van der Waals surface area contributed by atoms with Crippen LogP contribution < -0.4 is 15.8 Å². The van der Waals surface area contributed by atoms with Gasteiger partial charge >= 0.3 is 0 Å². The molecule has 0 radical (unpaired) electrons. The molecule has 3 N–H and O–H groups in total. The second-order valence-corrected chi connectivity index (χ2v) is 5.21. The van der Waals surface area contributed by atoms with E-state index in [1.54, 1.807) is 11.0 Å². The number of nitro benzene ring substituents is 1. The molecule has 1 saturated heterocycles. The van der Waals surface area contributed by atoms with Crippen LogP contribution in [-0.2, 0) is 9.59 Å². The van der Waals surface area contributed by atoms with Crippen molar-refractivity contribution in [1.82, 2.24) is 4.90 Å². The van der Waals surface area contributed by atoms with E-state index in [0.717, 1.165) is 0 Å². The van der Waals surface area contributed by atoms with E-state index in [1.165, 1.54) is 19.2 Å². The number of ether oxygens (including phenoxy) is 1. The Morgan fingerprint density at radius 2 is 2.30 bits per heavy atom. The number of nitro groups is 1. The molecule has 1 atom stereocenters. The largest absolute Gasteiger partial charge is 0.494 e. The Labute approximate surface area is 132 Å². The fourth-order valence-corrected chi connectivity index (χ4v) is 2.44.